The smallest absolute Gasteiger partial charge is 0.248 e. The van der Waals surface area contributed by atoms with Crippen LogP contribution in [0.25, 0.3) is 0 Å². The van der Waals surface area contributed by atoms with Gasteiger partial charge in [-0.15, -0.1) is 12.6 Å². The summed E-state index contributed by atoms with van der Waals surface area (Å²) in [4.78, 5) is 3.84. The molecule has 0 aliphatic heterocycles. The van der Waals surface area contributed by atoms with Gasteiger partial charge in [-0.2, -0.15) is 4.73 Å². The molecule has 0 fully saturated rings. The Morgan fingerprint density at radius 2 is 1.75 bits per heavy atom. The van der Waals surface area contributed by atoms with Gasteiger partial charge in [-0.05, 0) is 18.2 Å². The molecule has 0 bridgehead atoms. The predicted molar refractivity (Wildman–Crippen MR) is 64.1 cm³/mol. The van der Waals surface area contributed by atoms with E-state index in [9.17, 15) is 5.21 Å². The SMILES string of the molecule is Sc1ccccn1.[Cu].[O-][n+]1ccccc1S. The van der Waals surface area contributed by atoms with Crippen LogP contribution >= 0.6 is 25.3 Å². The first-order valence-corrected chi connectivity index (χ1v) is 5.07. The third-order valence-electron chi connectivity index (χ3n) is 1.45. The maximum absolute atomic E-state index is 10.5. The molecule has 0 N–H and O–H groups in total. The van der Waals surface area contributed by atoms with Gasteiger partial charge in [0.05, 0.1) is 5.03 Å². The van der Waals surface area contributed by atoms with Crippen molar-refractivity contribution in [3.63, 3.8) is 0 Å². The molecule has 2 rings (SSSR count). The minimum absolute atomic E-state index is 0. The van der Waals surface area contributed by atoms with Crippen molar-refractivity contribution in [3.05, 3.63) is 54.0 Å². The summed E-state index contributed by atoms with van der Waals surface area (Å²) in [6.45, 7) is 0. The molecule has 0 saturated heterocycles. The van der Waals surface area contributed by atoms with Crippen molar-refractivity contribution in [2.24, 2.45) is 0 Å². The number of rotatable bonds is 0. The number of pyridine rings is 2. The summed E-state index contributed by atoms with van der Waals surface area (Å²) in [7, 11) is 0. The summed E-state index contributed by atoms with van der Waals surface area (Å²) < 4.78 is 0.698. The fraction of sp³-hybridized carbons (Fsp3) is 0. The molecule has 6 heteroatoms. The van der Waals surface area contributed by atoms with E-state index in [1.807, 2.05) is 18.2 Å². The van der Waals surface area contributed by atoms with Crippen molar-refractivity contribution >= 4 is 25.3 Å². The molecule has 0 atom stereocenters. The van der Waals surface area contributed by atoms with Crippen molar-refractivity contribution in [2.75, 3.05) is 0 Å². The molecule has 2 aromatic rings. The van der Waals surface area contributed by atoms with Gasteiger partial charge in [0.2, 0.25) is 5.03 Å². The predicted octanol–water partition coefficient (Wildman–Crippen LogP) is 1.98. The number of hydrogen-bond donors (Lipinski definition) is 2. The molecule has 2 aromatic heterocycles. The molecule has 0 aliphatic carbocycles. The van der Waals surface area contributed by atoms with E-state index in [2.05, 4.69) is 30.2 Å². The fourth-order valence-electron chi connectivity index (χ4n) is 0.773. The summed E-state index contributed by atoms with van der Waals surface area (Å²) in [6.07, 6.45) is 3.12. The van der Waals surface area contributed by atoms with E-state index in [1.54, 1.807) is 24.4 Å². The van der Waals surface area contributed by atoms with Crippen LogP contribution in [0.2, 0.25) is 0 Å². The topological polar surface area (TPSA) is 39.8 Å². The number of nitrogens with zero attached hydrogens (tertiary/aromatic N) is 2. The Morgan fingerprint density at radius 3 is 2.06 bits per heavy atom. The second-order valence-corrected chi connectivity index (χ2v) is 3.49. The van der Waals surface area contributed by atoms with Crippen LogP contribution in [0.3, 0.4) is 0 Å². The monoisotopic (exact) mass is 301 g/mol. The summed E-state index contributed by atoms with van der Waals surface area (Å²) in [5, 5.41) is 11.6. The van der Waals surface area contributed by atoms with Crippen LogP contribution in [0.15, 0.2) is 58.8 Å². The van der Waals surface area contributed by atoms with E-state index < -0.39 is 0 Å². The summed E-state index contributed by atoms with van der Waals surface area (Å²) in [5.74, 6) is 0. The summed E-state index contributed by atoms with van der Waals surface area (Å²) >= 11 is 7.82. The van der Waals surface area contributed by atoms with Gasteiger partial charge in [0.1, 0.15) is 0 Å². The second kappa shape index (κ2) is 8.47. The van der Waals surface area contributed by atoms with E-state index in [1.165, 1.54) is 6.20 Å². The molecule has 0 spiro atoms. The van der Waals surface area contributed by atoms with Crippen LogP contribution in [0.5, 0.6) is 0 Å². The van der Waals surface area contributed by atoms with Crippen molar-refractivity contribution in [2.45, 2.75) is 10.1 Å². The molecule has 3 nitrogen and oxygen atoms in total. The molecule has 2 heterocycles. The van der Waals surface area contributed by atoms with E-state index >= 15 is 0 Å². The van der Waals surface area contributed by atoms with Crippen LogP contribution < -0.4 is 4.73 Å². The molecule has 0 aliphatic rings. The van der Waals surface area contributed by atoms with E-state index in [4.69, 9.17) is 0 Å². The first kappa shape index (κ1) is 15.3. The third-order valence-corrected chi connectivity index (χ3v) is 2.06. The van der Waals surface area contributed by atoms with Gasteiger partial charge >= 0.3 is 0 Å². The van der Waals surface area contributed by atoms with Crippen LogP contribution in [0, 0.1) is 5.21 Å². The minimum Gasteiger partial charge on any atom is -0.618 e. The molecule has 0 amide bonds. The first-order chi connectivity index (χ1) is 7.20. The normalized spacial score (nSPS) is 8.38. The van der Waals surface area contributed by atoms with Gasteiger partial charge in [-0.1, -0.05) is 18.7 Å². The zero-order valence-corrected chi connectivity index (χ0v) is 10.8. The van der Waals surface area contributed by atoms with Crippen molar-refractivity contribution in [3.8, 4) is 0 Å². The number of aromatic nitrogens is 2. The Balaban J connectivity index is 0.000000267. The Hall–Kier alpha value is -0.681. The molecular weight excluding hydrogens is 292 g/mol. The average Bonchev–Trinajstić information content (AvgIpc) is 2.25. The zero-order chi connectivity index (χ0) is 11.1. The van der Waals surface area contributed by atoms with E-state index in [0.717, 1.165) is 5.03 Å². The quantitative estimate of drug-likeness (QED) is 0.338. The maximum atomic E-state index is 10.5. The Kier molecular flexibility index (Phi) is 8.11. The van der Waals surface area contributed by atoms with Crippen LogP contribution in [0.1, 0.15) is 0 Å². The molecule has 0 aromatic carbocycles. The van der Waals surface area contributed by atoms with Gasteiger partial charge in [0.15, 0.2) is 6.20 Å². The number of hydrogen-bond acceptors (Lipinski definition) is 4. The van der Waals surface area contributed by atoms with E-state index in [-0.39, 0.29) is 17.1 Å². The maximum Gasteiger partial charge on any atom is 0.248 e. The molecular formula is C10H10CuN2OS2. The molecule has 89 valence electrons. The zero-order valence-electron chi connectivity index (χ0n) is 8.12. The summed E-state index contributed by atoms with van der Waals surface area (Å²) in [5.41, 5.74) is 0. The molecule has 1 radical (unpaired) electrons. The van der Waals surface area contributed by atoms with Crippen LogP contribution in [-0.4, -0.2) is 4.98 Å². The summed E-state index contributed by atoms with van der Waals surface area (Å²) in [6, 6.07) is 10.7. The van der Waals surface area contributed by atoms with Gasteiger partial charge in [0.25, 0.3) is 0 Å². The van der Waals surface area contributed by atoms with Gasteiger partial charge in [0, 0.05) is 35.4 Å². The number of thiol groups is 2. The van der Waals surface area contributed by atoms with Crippen molar-refractivity contribution in [1.29, 1.82) is 0 Å². The molecule has 0 saturated carbocycles. The third kappa shape index (κ3) is 6.02. The van der Waals surface area contributed by atoms with Crippen molar-refractivity contribution in [1.82, 2.24) is 4.98 Å². The van der Waals surface area contributed by atoms with Gasteiger partial charge in [-0.25, -0.2) is 0 Å². The van der Waals surface area contributed by atoms with Crippen molar-refractivity contribution < 1.29 is 21.8 Å². The minimum atomic E-state index is 0. The molecule has 16 heavy (non-hydrogen) atoms. The standard InChI is InChI=1S/C5H5NOS.C5H5NS.Cu/c7-6-4-2-1-3-5(6)8;7-5-3-1-2-4-6-5;/h1-4,8H;1-4H,(H,6,7);. The fourth-order valence-corrected chi connectivity index (χ4v) is 1.08. The van der Waals surface area contributed by atoms with Gasteiger partial charge in [-0.3, -0.25) is 4.98 Å². The Bertz CT molecular complexity index is 394. The van der Waals surface area contributed by atoms with Crippen LogP contribution in [-0.2, 0) is 17.1 Å². The molecule has 0 unspecified atom stereocenters. The second-order valence-electron chi connectivity index (χ2n) is 2.57. The largest absolute Gasteiger partial charge is 0.618 e. The first-order valence-electron chi connectivity index (χ1n) is 4.17. The van der Waals surface area contributed by atoms with E-state index in [0.29, 0.717) is 9.76 Å². The Labute approximate surface area is 116 Å². The van der Waals surface area contributed by atoms with Gasteiger partial charge < -0.3 is 5.21 Å². The Morgan fingerprint density at radius 1 is 1.06 bits per heavy atom. The van der Waals surface area contributed by atoms with Crippen LogP contribution in [0.4, 0.5) is 0 Å². The average molecular weight is 302 g/mol.